The molecule has 3 aromatic heterocycles. The molecule has 0 saturated heterocycles. The van der Waals surface area contributed by atoms with Gasteiger partial charge in [0.1, 0.15) is 0 Å². The maximum absolute atomic E-state index is 13.3. The molecule has 0 aliphatic rings. The molecule has 61 heavy (non-hydrogen) atoms. The molecule has 3 heterocycles. The molecule has 0 aliphatic heterocycles. The van der Waals surface area contributed by atoms with E-state index < -0.39 is 88.8 Å². The number of aromatic amines is 3. The van der Waals surface area contributed by atoms with Crippen LogP contribution >= 0.6 is 0 Å². The van der Waals surface area contributed by atoms with E-state index in [1.807, 2.05) is 0 Å². The summed E-state index contributed by atoms with van der Waals surface area (Å²) in [5.41, 5.74) is 2.25. The molecular weight excluding hydrogens is 806 g/mol. The van der Waals surface area contributed by atoms with Gasteiger partial charge in [-0.15, -0.1) is 0 Å². The summed E-state index contributed by atoms with van der Waals surface area (Å²) in [4.78, 5) is 156. The number of aryl methyl sites for hydroxylation is 3. The number of carbonyl (C=O) groups is 6. The molecule has 0 aliphatic carbocycles. The first-order chi connectivity index (χ1) is 28.8. The average Bonchev–Trinajstić information content (AvgIpc) is 3.20. The molecule has 6 amide bonds. The predicted molar refractivity (Wildman–Crippen MR) is 216 cm³/mol. The van der Waals surface area contributed by atoms with Crippen molar-refractivity contribution in [1.29, 1.82) is 0 Å². The second-order valence-corrected chi connectivity index (χ2v) is 13.9. The van der Waals surface area contributed by atoms with E-state index >= 15 is 0 Å². The third-order valence-corrected chi connectivity index (χ3v) is 9.10. The summed E-state index contributed by atoms with van der Waals surface area (Å²) in [5.74, 6) is -3.78. The second-order valence-electron chi connectivity index (χ2n) is 13.9. The minimum atomic E-state index is -0.778. The fourth-order valence-electron chi connectivity index (χ4n) is 5.56. The van der Waals surface area contributed by atoms with Gasteiger partial charge in [-0.3, -0.25) is 71.8 Å². The minimum absolute atomic E-state index is 0.0361. The van der Waals surface area contributed by atoms with Crippen LogP contribution in [-0.2, 0) is 48.4 Å². The van der Waals surface area contributed by atoms with Gasteiger partial charge in [0.2, 0.25) is 35.4 Å². The molecule has 3 rings (SSSR count). The topological polar surface area (TPSA) is 348 Å². The first kappa shape index (κ1) is 48.2. The Morgan fingerprint density at radius 1 is 0.525 bits per heavy atom. The highest BCUT2D eigenvalue weighted by Crippen LogP contribution is 1.99. The van der Waals surface area contributed by atoms with Crippen LogP contribution in [0.15, 0.2) is 47.4 Å². The van der Waals surface area contributed by atoms with Gasteiger partial charge in [-0.1, -0.05) is 0 Å². The Morgan fingerprint density at radius 2 is 0.885 bits per heavy atom. The average molecular weight is 858 g/mol. The Kier molecular flexibility index (Phi) is 18.5. The van der Waals surface area contributed by atoms with Crippen molar-refractivity contribution in [3.63, 3.8) is 0 Å². The minimum Gasteiger partial charge on any atom is -0.368 e. The Morgan fingerprint density at radius 3 is 1.28 bits per heavy atom. The van der Waals surface area contributed by atoms with E-state index in [0.717, 1.165) is 0 Å². The summed E-state index contributed by atoms with van der Waals surface area (Å²) in [7, 11) is 0. The van der Waals surface area contributed by atoms with E-state index in [0.29, 0.717) is 12.1 Å². The SMILES string of the molecule is Cc1cn(CCNCCC(=O)NCC(=O)N(CCC(=O)NCC(=O)N(CCC(=O)NCC(N)=O)CCn2cc(C)c(=O)[nH]c2=O)CCn2cc(C)c(=O)[nH]c2=O)c(=O)[nH]c1=O. The normalized spacial score (nSPS) is 10.8. The third-order valence-electron chi connectivity index (χ3n) is 9.10. The van der Waals surface area contributed by atoms with Gasteiger partial charge in [-0.2, -0.15) is 0 Å². The second kappa shape index (κ2) is 23.4. The van der Waals surface area contributed by atoms with E-state index in [2.05, 4.69) is 36.2 Å². The number of amides is 6. The van der Waals surface area contributed by atoms with Crippen LogP contribution < -0.4 is 60.7 Å². The van der Waals surface area contributed by atoms with E-state index in [1.54, 1.807) is 6.92 Å². The number of hydrogen-bond donors (Lipinski definition) is 8. The van der Waals surface area contributed by atoms with E-state index in [-0.39, 0.29) is 82.7 Å². The van der Waals surface area contributed by atoms with Crippen LogP contribution in [0, 0.1) is 20.8 Å². The zero-order valence-electron chi connectivity index (χ0n) is 34.1. The lowest BCUT2D eigenvalue weighted by Gasteiger charge is -2.24. The first-order valence-corrected chi connectivity index (χ1v) is 19.1. The smallest absolute Gasteiger partial charge is 0.328 e. The molecule has 0 saturated carbocycles. The van der Waals surface area contributed by atoms with Gasteiger partial charge in [-0.25, -0.2) is 14.4 Å². The number of nitrogens with one attached hydrogen (secondary N) is 7. The lowest BCUT2D eigenvalue weighted by atomic mass is 10.3. The molecule has 0 spiro atoms. The molecule has 3 aromatic rings. The number of primary amides is 1. The molecule has 0 bridgehead atoms. The predicted octanol–water partition coefficient (Wildman–Crippen LogP) is -6.19. The van der Waals surface area contributed by atoms with Crippen LogP contribution in [0.5, 0.6) is 0 Å². The molecule has 332 valence electrons. The molecule has 0 aromatic carbocycles. The van der Waals surface area contributed by atoms with Crippen LogP contribution in [0.3, 0.4) is 0 Å². The van der Waals surface area contributed by atoms with E-state index in [4.69, 9.17) is 5.73 Å². The lowest BCUT2D eigenvalue weighted by molar-refractivity contribution is -0.135. The molecule has 0 radical (unpaired) electrons. The van der Waals surface area contributed by atoms with Gasteiger partial charge >= 0.3 is 17.1 Å². The van der Waals surface area contributed by atoms with E-state index in [9.17, 15) is 57.5 Å². The fraction of sp³-hybridized carbons (Fsp3) is 0.500. The van der Waals surface area contributed by atoms with Gasteiger partial charge in [0, 0.05) is 113 Å². The fourth-order valence-corrected chi connectivity index (χ4v) is 5.56. The monoisotopic (exact) mass is 857 g/mol. The number of carbonyl (C=O) groups excluding carboxylic acids is 6. The van der Waals surface area contributed by atoms with Crippen molar-refractivity contribution in [2.75, 3.05) is 58.9 Å². The molecule has 25 nitrogen and oxygen atoms in total. The lowest BCUT2D eigenvalue weighted by Crippen LogP contribution is -2.46. The number of nitrogens with zero attached hydrogens (tertiary/aromatic N) is 5. The molecule has 25 heteroatoms. The number of H-pyrrole nitrogens is 3. The molecule has 0 atom stereocenters. The zero-order valence-corrected chi connectivity index (χ0v) is 34.1. The Labute approximate surface area is 345 Å². The molecule has 9 N–H and O–H groups in total. The van der Waals surface area contributed by atoms with Gasteiger partial charge in [-0.05, 0) is 20.8 Å². The number of aromatic nitrogens is 6. The van der Waals surface area contributed by atoms with Crippen molar-refractivity contribution < 1.29 is 28.8 Å². The Bertz CT molecular complexity index is 2440. The van der Waals surface area contributed by atoms with E-state index in [1.165, 1.54) is 55.9 Å². The number of nitrogens with two attached hydrogens (primary N) is 1. The van der Waals surface area contributed by atoms with Crippen molar-refractivity contribution in [3.05, 3.63) is 97.8 Å². The first-order valence-electron chi connectivity index (χ1n) is 19.1. The Hall–Kier alpha value is -7.18. The van der Waals surface area contributed by atoms with Crippen molar-refractivity contribution in [1.82, 2.24) is 59.7 Å². The van der Waals surface area contributed by atoms with Crippen LogP contribution in [0.1, 0.15) is 36.0 Å². The number of rotatable bonds is 24. The summed E-state index contributed by atoms with van der Waals surface area (Å²) in [6.45, 7) is 3.02. The Balaban J connectivity index is 1.59. The van der Waals surface area contributed by atoms with Gasteiger partial charge < -0.3 is 36.8 Å². The molecular formula is C36H51N13O12. The summed E-state index contributed by atoms with van der Waals surface area (Å²) >= 11 is 0. The maximum atomic E-state index is 13.3. The molecule has 0 unspecified atom stereocenters. The van der Waals surface area contributed by atoms with Crippen molar-refractivity contribution in [3.8, 4) is 0 Å². The summed E-state index contributed by atoms with van der Waals surface area (Å²) in [6.07, 6.45) is 3.43. The van der Waals surface area contributed by atoms with Crippen LogP contribution in [0.4, 0.5) is 0 Å². The molecule has 0 fully saturated rings. The third kappa shape index (κ3) is 16.2. The van der Waals surface area contributed by atoms with Crippen LogP contribution in [-0.4, -0.2) is 133 Å². The summed E-state index contributed by atoms with van der Waals surface area (Å²) < 4.78 is 3.66. The van der Waals surface area contributed by atoms with Crippen molar-refractivity contribution >= 4 is 35.4 Å². The standard InChI is InChI=1S/C36H51N13O12/c1-22-19-47(34(59)42-31(22)56)11-8-38-7-4-26(51)40-17-29(54)46(13-15-49-21-24(3)33(58)44-36(49)61)10-6-28(53)41-18-30(55)45(9-5-27(52)39-16-25(37)50)12-14-48-20-23(2)32(57)43-35(48)60/h19-21,38H,4-18H2,1-3H3,(H2,37,50)(H,39,52)(H,40,51)(H,41,53)(H,42,56,59)(H,43,57,60)(H,44,58,61). The van der Waals surface area contributed by atoms with Crippen LogP contribution in [0.25, 0.3) is 0 Å². The summed E-state index contributed by atoms with van der Waals surface area (Å²) in [5, 5.41) is 10.3. The number of hydrogen-bond acceptors (Lipinski definition) is 13. The quantitative estimate of drug-likeness (QED) is 0.0390. The summed E-state index contributed by atoms with van der Waals surface area (Å²) in [6, 6.07) is 0. The van der Waals surface area contributed by atoms with Crippen molar-refractivity contribution in [2.45, 2.75) is 59.7 Å². The van der Waals surface area contributed by atoms with Gasteiger partial charge in [0.25, 0.3) is 16.7 Å². The zero-order chi connectivity index (χ0) is 45.2. The van der Waals surface area contributed by atoms with Crippen LogP contribution in [0.2, 0.25) is 0 Å². The highest BCUT2D eigenvalue weighted by atomic mass is 16.2. The van der Waals surface area contributed by atoms with Gasteiger partial charge in [0.15, 0.2) is 0 Å². The van der Waals surface area contributed by atoms with Gasteiger partial charge in [0.05, 0.1) is 19.6 Å². The largest absolute Gasteiger partial charge is 0.368 e. The maximum Gasteiger partial charge on any atom is 0.328 e. The highest BCUT2D eigenvalue weighted by molar-refractivity contribution is 5.87. The highest BCUT2D eigenvalue weighted by Gasteiger charge is 2.20. The van der Waals surface area contributed by atoms with Crippen molar-refractivity contribution in [2.24, 2.45) is 5.73 Å².